The highest BCUT2D eigenvalue weighted by Crippen LogP contribution is 2.67. The van der Waals surface area contributed by atoms with Gasteiger partial charge in [0.25, 0.3) is 0 Å². The Hall–Kier alpha value is -2.31. The molecule has 3 rings (SSSR count). The second-order valence-electron chi connectivity index (χ2n) is 13.3. The van der Waals surface area contributed by atoms with Gasteiger partial charge in [-0.2, -0.15) is 13.2 Å². The van der Waals surface area contributed by atoms with E-state index in [0.717, 1.165) is 24.5 Å². The summed E-state index contributed by atoms with van der Waals surface area (Å²) >= 11 is 0. The van der Waals surface area contributed by atoms with Crippen LogP contribution in [0.15, 0.2) is 47.5 Å². The lowest BCUT2D eigenvalue weighted by molar-refractivity contribution is -0.139. The predicted octanol–water partition coefficient (Wildman–Crippen LogP) is 9.29. The van der Waals surface area contributed by atoms with Gasteiger partial charge < -0.3 is 14.0 Å². The van der Waals surface area contributed by atoms with Crippen molar-refractivity contribution in [2.45, 2.75) is 110 Å². The molecule has 0 saturated carbocycles. The second-order valence-corrected chi connectivity index (χ2v) is 17.3. The first-order valence-electron chi connectivity index (χ1n) is 14.7. The molecule has 0 bridgehead atoms. The zero-order chi connectivity index (χ0) is 31.4. The maximum absolute atomic E-state index is 14.1. The van der Waals surface area contributed by atoms with Gasteiger partial charge in [0.2, 0.25) is 7.37 Å². The van der Waals surface area contributed by atoms with E-state index in [1.165, 1.54) is 11.6 Å². The summed E-state index contributed by atoms with van der Waals surface area (Å²) in [5.41, 5.74) is 1.28. The Morgan fingerprint density at radius 1 is 0.929 bits per heavy atom. The minimum atomic E-state index is -4.56. The van der Waals surface area contributed by atoms with Gasteiger partial charge in [-0.3, -0.25) is 4.57 Å². The summed E-state index contributed by atoms with van der Waals surface area (Å²) in [6, 6.07) is 12.5. The van der Waals surface area contributed by atoms with E-state index in [9.17, 15) is 17.7 Å². The molecule has 2 aromatic rings. The molecule has 0 aliphatic carbocycles. The van der Waals surface area contributed by atoms with Crippen molar-refractivity contribution in [3.8, 4) is 5.75 Å². The summed E-state index contributed by atoms with van der Waals surface area (Å²) in [6.45, 7) is 15.7. The maximum atomic E-state index is 14.1. The molecule has 9 heteroatoms. The first kappa shape index (κ1) is 34.2. The molecular weight excluding hydrogens is 562 g/mol. The normalized spacial score (nSPS) is 18.1. The SMILES string of the molecule is CCc1ccc(CCCOc2ccc(CCC3(COP(=O)(C(C)(C)C)C(C)(C)C)COC(C)=N3)cc2C(F)(F)F)cc1. The van der Waals surface area contributed by atoms with Crippen LogP contribution in [0.2, 0.25) is 0 Å². The van der Waals surface area contributed by atoms with Crippen LogP contribution in [-0.4, -0.2) is 41.6 Å². The van der Waals surface area contributed by atoms with Crippen molar-refractivity contribution in [2.75, 3.05) is 19.8 Å². The largest absolute Gasteiger partial charge is 0.493 e. The van der Waals surface area contributed by atoms with Crippen LogP contribution in [0.3, 0.4) is 0 Å². The number of ether oxygens (including phenoxy) is 2. The van der Waals surface area contributed by atoms with Gasteiger partial charge in [-0.15, -0.1) is 0 Å². The number of nitrogens with zero attached hydrogens (tertiary/aromatic N) is 1. The van der Waals surface area contributed by atoms with Gasteiger partial charge in [0.15, 0.2) is 5.90 Å². The number of benzene rings is 2. The molecule has 2 aromatic carbocycles. The lowest BCUT2D eigenvalue weighted by Gasteiger charge is -2.41. The topological polar surface area (TPSA) is 57.1 Å². The molecule has 1 unspecified atom stereocenters. The molecule has 0 fully saturated rings. The van der Waals surface area contributed by atoms with Gasteiger partial charge in [-0.05, 0) is 60.9 Å². The quantitative estimate of drug-likeness (QED) is 0.178. The van der Waals surface area contributed by atoms with Gasteiger partial charge in [-0.1, -0.05) is 78.8 Å². The van der Waals surface area contributed by atoms with Crippen LogP contribution in [-0.2, 0) is 39.3 Å². The zero-order valence-corrected chi connectivity index (χ0v) is 27.3. The fourth-order valence-corrected chi connectivity index (χ4v) is 8.58. The lowest BCUT2D eigenvalue weighted by atomic mass is 9.93. The lowest BCUT2D eigenvalue weighted by Crippen LogP contribution is -2.38. The average Bonchev–Trinajstić information content (AvgIpc) is 3.28. The molecular formula is C33H47F3NO4P. The molecule has 0 radical (unpaired) electrons. The van der Waals surface area contributed by atoms with Crippen LogP contribution in [0.5, 0.6) is 5.75 Å². The van der Waals surface area contributed by atoms with Crippen LogP contribution >= 0.6 is 7.37 Å². The molecule has 1 aliphatic rings. The predicted molar refractivity (Wildman–Crippen MR) is 164 cm³/mol. The van der Waals surface area contributed by atoms with Crippen molar-refractivity contribution in [1.29, 1.82) is 0 Å². The number of hydrogen-bond donors (Lipinski definition) is 0. The first-order chi connectivity index (χ1) is 19.4. The van der Waals surface area contributed by atoms with E-state index in [1.807, 2.05) is 41.5 Å². The average molecular weight is 610 g/mol. The first-order valence-corrected chi connectivity index (χ1v) is 16.4. The van der Waals surface area contributed by atoms with Crippen LogP contribution in [0.1, 0.15) is 90.5 Å². The number of rotatable bonds is 12. The van der Waals surface area contributed by atoms with E-state index in [-0.39, 0.29) is 25.6 Å². The van der Waals surface area contributed by atoms with Gasteiger partial charge in [0.1, 0.15) is 17.9 Å². The third-order valence-electron chi connectivity index (χ3n) is 7.75. The number of hydrogen-bond acceptors (Lipinski definition) is 5. The molecule has 0 N–H and O–H groups in total. The van der Waals surface area contributed by atoms with E-state index in [4.69, 9.17) is 14.0 Å². The van der Waals surface area contributed by atoms with Gasteiger partial charge in [0, 0.05) is 17.2 Å². The Morgan fingerprint density at radius 2 is 1.52 bits per heavy atom. The Bertz CT molecular complexity index is 1260. The van der Waals surface area contributed by atoms with E-state index in [0.29, 0.717) is 30.7 Å². The fraction of sp³-hybridized carbons (Fsp3) is 0.606. The second kappa shape index (κ2) is 13.1. The Balaban J connectivity index is 1.70. The van der Waals surface area contributed by atoms with E-state index in [1.54, 1.807) is 13.0 Å². The van der Waals surface area contributed by atoms with Crippen molar-refractivity contribution < 1.29 is 31.7 Å². The maximum Gasteiger partial charge on any atom is 0.419 e. The van der Waals surface area contributed by atoms with Gasteiger partial charge >= 0.3 is 6.18 Å². The number of halogens is 3. The van der Waals surface area contributed by atoms with Gasteiger partial charge in [0.05, 0.1) is 18.8 Å². The van der Waals surface area contributed by atoms with Crippen molar-refractivity contribution in [1.82, 2.24) is 0 Å². The molecule has 1 aliphatic heterocycles. The molecule has 1 atom stereocenters. The van der Waals surface area contributed by atoms with Crippen molar-refractivity contribution in [3.05, 3.63) is 64.7 Å². The van der Waals surface area contributed by atoms with E-state index < -0.39 is 35.0 Å². The number of alkyl halides is 3. The molecule has 0 aromatic heterocycles. The Morgan fingerprint density at radius 3 is 2.05 bits per heavy atom. The molecule has 1 heterocycles. The van der Waals surface area contributed by atoms with E-state index in [2.05, 4.69) is 36.2 Å². The smallest absolute Gasteiger partial charge is 0.419 e. The molecule has 0 spiro atoms. The summed E-state index contributed by atoms with van der Waals surface area (Å²) < 4.78 is 73.7. The van der Waals surface area contributed by atoms with Crippen molar-refractivity contribution >= 4 is 13.3 Å². The van der Waals surface area contributed by atoms with Crippen LogP contribution < -0.4 is 4.74 Å². The van der Waals surface area contributed by atoms with Crippen molar-refractivity contribution in [3.63, 3.8) is 0 Å². The minimum absolute atomic E-state index is 0.0602. The highest BCUT2D eigenvalue weighted by molar-refractivity contribution is 7.62. The summed E-state index contributed by atoms with van der Waals surface area (Å²) in [7, 11) is -3.16. The Kier molecular flexibility index (Phi) is 10.7. The fourth-order valence-electron chi connectivity index (χ4n) is 5.37. The number of aliphatic imine (C=N–C) groups is 1. The summed E-state index contributed by atoms with van der Waals surface area (Å²) in [4.78, 5) is 4.68. The Labute approximate surface area is 249 Å². The molecule has 42 heavy (non-hydrogen) atoms. The van der Waals surface area contributed by atoms with Crippen LogP contribution in [0.4, 0.5) is 13.2 Å². The van der Waals surface area contributed by atoms with Crippen LogP contribution in [0, 0.1) is 0 Å². The summed E-state index contributed by atoms with van der Waals surface area (Å²) in [5, 5.41) is -1.19. The monoisotopic (exact) mass is 609 g/mol. The highest BCUT2D eigenvalue weighted by atomic mass is 31.2. The summed E-state index contributed by atoms with van der Waals surface area (Å²) in [6.07, 6.45) is -1.56. The molecule has 0 saturated heterocycles. The third kappa shape index (κ3) is 8.41. The highest BCUT2D eigenvalue weighted by Gasteiger charge is 2.50. The molecule has 5 nitrogen and oxygen atoms in total. The minimum Gasteiger partial charge on any atom is -0.493 e. The summed E-state index contributed by atoms with van der Waals surface area (Å²) in [5.74, 6) is 0.320. The van der Waals surface area contributed by atoms with Crippen LogP contribution in [0.25, 0.3) is 0 Å². The van der Waals surface area contributed by atoms with Crippen molar-refractivity contribution in [2.24, 2.45) is 4.99 Å². The van der Waals surface area contributed by atoms with E-state index >= 15 is 0 Å². The molecule has 0 amide bonds. The van der Waals surface area contributed by atoms with Gasteiger partial charge in [-0.25, -0.2) is 4.99 Å². The zero-order valence-electron chi connectivity index (χ0n) is 26.4. The molecule has 234 valence electrons. The third-order valence-corrected chi connectivity index (χ3v) is 11.8. The number of aryl methyl sites for hydroxylation is 3. The standard InChI is InChI=1S/C33H47F3NO4P/c1-9-25-12-14-26(15-13-25)11-10-20-39-29-17-16-27(21-28(29)33(34,35)36)18-19-32(22-40-24(2)37-32)23-41-42(38,30(3,4)5)31(6,7)8/h12-17,21H,9-11,18-20,22-23H2,1-8H3.